The minimum Gasteiger partial charge on any atom is -0.469 e. The molecule has 1 atom stereocenters. The topological polar surface area (TPSA) is 84.7 Å². The first-order chi connectivity index (χ1) is 9.10. The van der Waals surface area contributed by atoms with Crippen LogP contribution in [-0.2, 0) is 9.53 Å². The second-order valence-electron chi connectivity index (χ2n) is 4.51. The molecule has 1 aliphatic rings. The molecule has 1 saturated heterocycles. The molecular weight excluding hydrogens is 246 g/mol. The highest BCUT2D eigenvalue weighted by Gasteiger charge is 2.31. The number of nitrogens with one attached hydrogen (secondary N) is 1. The van der Waals surface area contributed by atoms with E-state index >= 15 is 0 Å². The third kappa shape index (κ3) is 3.15. The standard InChI is InChI=1S/C13H17N3O3/c1-19-12(17)9-6-7-16(8-9)13(18)15-11-4-2-10(14)3-5-11/h2-5,9H,6-8,14H2,1H3,(H,15,18). The fourth-order valence-electron chi connectivity index (χ4n) is 2.07. The van der Waals surface area contributed by atoms with Crippen LogP contribution in [0.1, 0.15) is 6.42 Å². The number of likely N-dealkylation sites (tertiary alicyclic amines) is 1. The van der Waals surface area contributed by atoms with Crippen LogP contribution in [0.4, 0.5) is 16.2 Å². The molecule has 3 N–H and O–H groups in total. The van der Waals surface area contributed by atoms with E-state index in [-0.39, 0.29) is 17.9 Å². The number of hydrogen-bond acceptors (Lipinski definition) is 4. The van der Waals surface area contributed by atoms with E-state index in [2.05, 4.69) is 10.1 Å². The summed E-state index contributed by atoms with van der Waals surface area (Å²) in [5.74, 6) is -0.482. The summed E-state index contributed by atoms with van der Waals surface area (Å²) < 4.78 is 4.68. The molecule has 19 heavy (non-hydrogen) atoms. The molecule has 1 fully saturated rings. The molecule has 0 radical (unpaired) electrons. The van der Waals surface area contributed by atoms with Crippen molar-refractivity contribution in [3.8, 4) is 0 Å². The number of carbonyl (C=O) groups is 2. The molecule has 0 saturated carbocycles. The summed E-state index contributed by atoms with van der Waals surface area (Å²) in [5.41, 5.74) is 6.90. The first kappa shape index (κ1) is 13.2. The summed E-state index contributed by atoms with van der Waals surface area (Å²) in [4.78, 5) is 25.0. The van der Waals surface area contributed by atoms with Crippen LogP contribution in [0.3, 0.4) is 0 Å². The Bertz CT molecular complexity index is 473. The van der Waals surface area contributed by atoms with Crippen LogP contribution in [0.25, 0.3) is 0 Å². The molecule has 6 heteroatoms. The summed E-state index contributed by atoms with van der Waals surface area (Å²) in [5, 5.41) is 2.77. The minimum absolute atomic E-state index is 0.212. The number of rotatable bonds is 2. The van der Waals surface area contributed by atoms with Gasteiger partial charge in [0.25, 0.3) is 0 Å². The SMILES string of the molecule is COC(=O)C1CCN(C(=O)Nc2ccc(N)cc2)C1. The van der Waals surface area contributed by atoms with E-state index in [0.717, 1.165) is 0 Å². The summed E-state index contributed by atoms with van der Waals surface area (Å²) in [6, 6.07) is 6.70. The van der Waals surface area contributed by atoms with Gasteiger partial charge in [-0.2, -0.15) is 0 Å². The largest absolute Gasteiger partial charge is 0.469 e. The highest BCUT2D eigenvalue weighted by atomic mass is 16.5. The van der Waals surface area contributed by atoms with Gasteiger partial charge >= 0.3 is 12.0 Å². The fraction of sp³-hybridized carbons (Fsp3) is 0.385. The molecule has 6 nitrogen and oxygen atoms in total. The number of methoxy groups -OCH3 is 1. The molecule has 1 aromatic carbocycles. The van der Waals surface area contributed by atoms with Gasteiger partial charge in [-0.15, -0.1) is 0 Å². The molecular formula is C13H17N3O3. The molecule has 102 valence electrons. The average molecular weight is 263 g/mol. The van der Waals surface area contributed by atoms with Gasteiger partial charge in [0, 0.05) is 24.5 Å². The Hall–Kier alpha value is -2.24. The van der Waals surface area contributed by atoms with Crippen molar-refractivity contribution in [2.45, 2.75) is 6.42 Å². The van der Waals surface area contributed by atoms with Gasteiger partial charge in [-0.25, -0.2) is 4.79 Å². The van der Waals surface area contributed by atoms with Gasteiger partial charge in [0.05, 0.1) is 13.0 Å². The van der Waals surface area contributed by atoms with Gasteiger partial charge in [0.2, 0.25) is 0 Å². The van der Waals surface area contributed by atoms with E-state index in [1.807, 2.05) is 0 Å². The van der Waals surface area contributed by atoms with Crippen molar-refractivity contribution in [3.63, 3.8) is 0 Å². The number of esters is 1. The van der Waals surface area contributed by atoms with E-state index < -0.39 is 0 Å². The zero-order valence-electron chi connectivity index (χ0n) is 10.8. The zero-order valence-corrected chi connectivity index (χ0v) is 10.8. The van der Waals surface area contributed by atoms with Gasteiger partial charge in [-0.05, 0) is 30.7 Å². The lowest BCUT2D eigenvalue weighted by Crippen LogP contribution is -2.33. The van der Waals surface area contributed by atoms with Crippen LogP contribution in [0.2, 0.25) is 0 Å². The van der Waals surface area contributed by atoms with Crippen molar-refractivity contribution in [2.75, 3.05) is 31.2 Å². The Morgan fingerprint density at radius 3 is 2.68 bits per heavy atom. The Morgan fingerprint density at radius 1 is 1.37 bits per heavy atom. The van der Waals surface area contributed by atoms with Crippen LogP contribution in [0, 0.1) is 5.92 Å². The van der Waals surface area contributed by atoms with Crippen LogP contribution < -0.4 is 11.1 Å². The smallest absolute Gasteiger partial charge is 0.321 e. The third-order valence-electron chi connectivity index (χ3n) is 3.17. The van der Waals surface area contributed by atoms with Crippen molar-refractivity contribution in [3.05, 3.63) is 24.3 Å². The average Bonchev–Trinajstić information content (AvgIpc) is 2.90. The first-order valence-corrected chi connectivity index (χ1v) is 6.09. The second-order valence-corrected chi connectivity index (χ2v) is 4.51. The quantitative estimate of drug-likeness (QED) is 0.622. The number of benzene rings is 1. The monoisotopic (exact) mass is 263 g/mol. The normalized spacial score (nSPS) is 18.2. The van der Waals surface area contributed by atoms with Crippen molar-refractivity contribution in [2.24, 2.45) is 5.92 Å². The molecule has 2 rings (SSSR count). The third-order valence-corrected chi connectivity index (χ3v) is 3.17. The lowest BCUT2D eigenvalue weighted by molar-refractivity contribution is -0.144. The first-order valence-electron chi connectivity index (χ1n) is 6.09. The van der Waals surface area contributed by atoms with Crippen LogP contribution in [0.5, 0.6) is 0 Å². The number of carbonyl (C=O) groups excluding carboxylic acids is 2. The predicted octanol–water partition coefficient (Wildman–Crippen LogP) is 1.30. The van der Waals surface area contributed by atoms with E-state index in [1.54, 1.807) is 29.2 Å². The maximum atomic E-state index is 12.0. The highest BCUT2D eigenvalue weighted by molar-refractivity contribution is 5.90. The van der Waals surface area contributed by atoms with Gasteiger partial charge in [-0.3, -0.25) is 4.79 Å². The molecule has 0 aliphatic carbocycles. The van der Waals surface area contributed by atoms with Gasteiger partial charge in [0.15, 0.2) is 0 Å². The number of nitrogens with two attached hydrogens (primary N) is 1. The molecule has 1 aliphatic heterocycles. The lowest BCUT2D eigenvalue weighted by atomic mass is 10.1. The summed E-state index contributed by atoms with van der Waals surface area (Å²) in [6.07, 6.45) is 0.641. The summed E-state index contributed by atoms with van der Waals surface area (Å²) >= 11 is 0. The number of amides is 2. The molecule has 0 spiro atoms. The number of nitrogens with zero attached hydrogens (tertiary/aromatic N) is 1. The van der Waals surface area contributed by atoms with Crippen molar-refractivity contribution in [1.82, 2.24) is 4.90 Å². The van der Waals surface area contributed by atoms with Crippen molar-refractivity contribution < 1.29 is 14.3 Å². The van der Waals surface area contributed by atoms with E-state index in [1.165, 1.54) is 7.11 Å². The Kier molecular flexibility index (Phi) is 3.89. The fourth-order valence-corrected chi connectivity index (χ4v) is 2.07. The maximum absolute atomic E-state index is 12.0. The molecule has 0 bridgehead atoms. The van der Waals surface area contributed by atoms with Crippen LogP contribution in [0.15, 0.2) is 24.3 Å². The number of hydrogen-bond donors (Lipinski definition) is 2. The zero-order chi connectivity index (χ0) is 13.8. The van der Waals surface area contributed by atoms with E-state index in [9.17, 15) is 9.59 Å². The lowest BCUT2D eigenvalue weighted by Gasteiger charge is -2.17. The number of nitrogen functional groups attached to an aromatic ring is 1. The minimum atomic E-state index is -0.261. The molecule has 1 unspecified atom stereocenters. The molecule has 2 amide bonds. The Balaban J connectivity index is 1.91. The molecule has 1 heterocycles. The number of urea groups is 1. The van der Waals surface area contributed by atoms with Crippen LogP contribution in [-0.4, -0.2) is 37.1 Å². The van der Waals surface area contributed by atoms with Crippen LogP contribution >= 0.6 is 0 Å². The number of anilines is 2. The summed E-state index contributed by atoms with van der Waals surface area (Å²) in [6.45, 7) is 0.952. The Labute approximate surface area is 111 Å². The van der Waals surface area contributed by atoms with E-state index in [0.29, 0.717) is 30.9 Å². The van der Waals surface area contributed by atoms with Crippen molar-refractivity contribution in [1.29, 1.82) is 0 Å². The predicted molar refractivity (Wildman–Crippen MR) is 71.6 cm³/mol. The summed E-state index contributed by atoms with van der Waals surface area (Å²) in [7, 11) is 1.36. The molecule has 0 aromatic heterocycles. The van der Waals surface area contributed by atoms with Gasteiger partial charge in [-0.1, -0.05) is 0 Å². The van der Waals surface area contributed by atoms with Gasteiger partial charge < -0.3 is 20.7 Å². The van der Waals surface area contributed by atoms with Gasteiger partial charge in [0.1, 0.15) is 0 Å². The maximum Gasteiger partial charge on any atom is 0.321 e. The highest BCUT2D eigenvalue weighted by Crippen LogP contribution is 2.19. The Morgan fingerprint density at radius 2 is 2.05 bits per heavy atom. The second kappa shape index (κ2) is 5.60. The van der Waals surface area contributed by atoms with E-state index in [4.69, 9.17) is 5.73 Å². The molecule has 1 aromatic rings. The number of ether oxygens (including phenoxy) is 1. The van der Waals surface area contributed by atoms with Crippen molar-refractivity contribution >= 4 is 23.4 Å².